The third-order valence-corrected chi connectivity index (χ3v) is 8.51. The van der Waals surface area contributed by atoms with Crippen molar-refractivity contribution in [2.75, 3.05) is 0 Å². The van der Waals surface area contributed by atoms with Gasteiger partial charge >= 0.3 is 0 Å². The van der Waals surface area contributed by atoms with Crippen LogP contribution >= 0.6 is 0 Å². The second-order valence-electron chi connectivity index (χ2n) is 11.4. The zero-order valence-electron chi connectivity index (χ0n) is 24.7. The molecule has 0 aliphatic carbocycles. The predicted molar refractivity (Wildman–Crippen MR) is 182 cm³/mol. The molecule has 6 aromatic carbocycles. The van der Waals surface area contributed by atoms with Crippen LogP contribution in [0, 0.1) is 0 Å². The molecule has 5 nitrogen and oxygen atoms in total. The number of aromatic nitrogens is 2. The second-order valence-corrected chi connectivity index (χ2v) is 11.4. The Hall–Kier alpha value is -5.33. The molecule has 45 heavy (non-hydrogen) atoms. The summed E-state index contributed by atoms with van der Waals surface area (Å²) in [6.07, 6.45) is -0.251. The summed E-state index contributed by atoms with van der Waals surface area (Å²) in [5.74, 6) is 0.921. The van der Waals surface area contributed by atoms with Crippen LogP contribution in [0.4, 0.5) is 0 Å². The summed E-state index contributed by atoms with van der Waals surface area (Å²) in [4.78, 5) is 5.12. The number of imidazole rings is 1. The molecule has 1 fully saturated rings. The highest BCUT2D eigenvalue weighted by Crippen LogP contribution is 2.33. The van der Waals surface area contributed by atoms with E-state index in [1.165, 1.54) is 22.3 Å². The molecule has 3 atom stereocenters. The number of para-hydroxylation sites is 3. The van der Waals surface area contributed by atoms with Crippen molar-refractivity contribution < 1.29 is 0 Å². The molecule has 5 heteroatoms. The molecule has 1 aliphatic rings. The van der Waals surface area contributed by atoms with Crippen LogP contribution in [0.3, 0.4) is 0 Å². The maximum Gasteiger partial charge on any atom is 0.145 e. The van der Waals surface area contributed by atoms with Gasteiger partial charge in [-0.1, -0.05) is 127 Å². The lowest BCUT2D eigenvalue weighted by Gasteiger charge is -2.40. The average molecular weight is 584 g/mol. The van der Waals surface area contributed by atoms with Crippen molar-refractivity contribution in [2.24, 2.45) is 0 Å². The topological polar surface area (TPSA) is 53.9 Å². The number of hydrogen-bond acceptors (Lipinski definition) is 4. The van der Waals surface area contributed by atoms with E-state index in [1.807, 2.05) is 12.1 Å². The summed E-state index contributed by atoms with van der Waals surface area (Å²) >= 11 is 0. The van der Waals surface area contributed by atoms with Crippen molar-refractivity contribution >= 4 is 11.0 Å². The first-order valence-electron chi connectivity index (χ1n) is 15.4. The summed E-state index contributed by atoms with van der Waals surface area (Å²) in [6.45, 7) is 0. The Kier molecular flexibility index (Phi) is 7.25. The van der Waals surface area contributed by atoms with E-state index in [-0.39, 0.29) is 18.5 Å². The first kappa shape index (κ1) is 27.2. The smallest absolute Gasteiger partial charge is 0.145 e. The molecule has 0 amide bonds. The maximum absolute atomic E-state index is 5.12. The van der Waals surface area contributed by atoms with Gasteiger partial charge < -0.3 is 0 Å². The molecular weight excluding hydrogens is 550 g/mol. The highest BCUT2D eigenvalue weighted by atomic mass is 15.4. The van der Waals surface area contributed by atoms with Gasteiger partial charge in [0.2, 0.25) is 0 Å². The number of nitrogens with one attached hydrogen (secondary N) is 3. The Morgan fingerprint density at radius 3 is 1.60 bits per heavy atom. The van der Waals surface area contributed by atoms with E-state index in [2.05, 4.69) is 172 Å². The predicted octanol–water partition coefficient (Wildman–Crippen LogP) is 8.54. The van der Waals surface area contributed by atoms with Gasteiger partial charge in [0.25, 0.3) is 0 Å². The fourth-order valence-corrected chi connectivity index (χ4v) is 6.31. The molecule has 1 aromatic heterocycles. The number of fused-ring (bicyclic) bond motifs is 1. The number of benzene rings is 6. The van der Waals surface area contributed by atoms with Gasteiger partial charge in [0, 0.05) is 11.3 Å². The van der Waals surface area contributed by atoms with E-state index in [0.717, 1.165) is 33.7 Å². The van der Waals surface area contributed by atoms with Crippen molar-refractivity contribution in [3.05, 3.63) is 180 Å². The van der Waals surface area contributed by atoms with E-state index in [1.54, 1.807) is 0 Å². The van der Waals surface area contributed by atoms with E-state index in [0.29, 0.717) is 0 Å². The van der Waals surface area contributed by atoms with E-state index >= 15 is 0 Å². The minimum Gasteiger partial charge on any atom is -0.292 e. The largest absolute Gasteiger partial charge is 0.292 e. The fourth-order valence-electron chi connectivity index (χ4n) is 6.31. The SMILES string of the molecule is c1ccc(-c2cccc(C3NC(c4ccccc4)NC(c4cccc(-c5nc6ccccc6n5-c5ccccc5)c4)N3)c2)cc1. The lowest BCUT2D eigenvalue weighted by Crippen LogP contribution is -2.54. The van der Waals surface area contributed by atoms with Crippen molar-refractivity contribution in [3.63, 3.8) is 0 Å². The zero-order valence-corrected chi connectivity index (χ0v) is 24.7. The standard InChI is InChI=1S/C40H33N5/c1-4-14-28(15-5-1)30-18-12-19-31(26-30)38-42-37(29-16-6-2-7-17-29)43-39(44-38)32-20-13-21-33(27-32)40-41-35-24-10-11-25-36(35)45(40)34-22-8-3-9-23-34/h1-27,37-39,42-44H. The van der Waals surface area contributed by atoms with Gasteiger partial charge in [-0.15, -0.1) is 0 Å². The Balaban J connectivity index is 1.19. The number of nitrogens with zero attached hydrogens (tertiary/aromatic N) is 2. The molecule has 218 valence electrons. The highest BCUT2D eigenvalue weighted by Gasteiger charge is 2.30. The average Bonchev–Trinajstić information content (AvgIpc) is 3.53. The molecule has 0 bridgehead atoms. The van der Waals surface area contributed by atoms with E-state index in [9.17, 15) is 0 Å². The van der Waals surface area contributed by atoms with Crippen LogP contribution in [0.1, 0.15) is 35.2 Å². The summed E-state index contributed by atoms with van der Waals surface area (Å²) in [7, 11) is 0. The van der Waals surface area contributed by atoms with Crippen LogP contribution in [0.5, 0.6) is 0 Å². The minimum absolute atomic E-state index is 0.0552. The van der Waals surface area contributed by atoms with Gasteiger partial charge in [0.15, 0.2) is 0 Å². The van der Waals surface area contributed by atoms with Gasteiger partial charge in [0.05, 0.1) is 29.5 Å². The second kappa shape index (κ2) is 12.0. The molecule has 2 heterocycles. The molecule has 7 aromatic rings. The van der Waals surface area contributed by atoms with Crippen LogP contribution in [0.25, 0.3) is 39.2 Å². The summed E-state index contributed by atoms with van der Waals surface area (Å²) in [5, 5.41) is 11.5. The van der Waals surface area contributed by atoms with Crippen molar-refractivity contribution in [1.82, 2.24) is 25.5 Å². The Bertz CT molecular complexity index is 2050. The molecule has 3 N–H and O–H groups in total. The lowest BCUT2D eigenvalue weighted by molar-refractivity contribution is 0.203. The van der Waals surface area contributed by atoms with E-state index < -0.39 is 0 Å². The van der Waals surface area contributed by atoms with Gasteiger partial charge in [0.1, 0.15) is 5.82 Å². The normalized spacial score (nSPS) is 18.2. The van der Waals surface area contributed by atoms with Crippen LogP contribution in [-0.2, 0) is 0 Å². The van der Waals surface area contributed by atoms with Gasteiger partial charge in [-0.3, -0.25) is 20.5 Å². The summed E-state index contributed by atoms with van der Waals surface area (Å²) in [6, 6.07) is 57.5. The Morgan fingerprint density at radius 1 is 0.422 bits per heavy atom. The minimum atomic E-state index is -0.114. The molecule has 8 rings (SSSR count). The fraction of sp³-hybridized carbons (Fsp3) is 0.0750. The van der Waals surface area contributed by atoms with Gasteiger partial charge in [-0.2, -0.15) is 0 Å². The Labute approximate surface area is 263 Å². The van der Waals surface area contributed by atoms with Crippen LogP contribution < -0.4 is 16.0 Å². The maximum atomic E-state index is 5.12. The highest BCUT2D eigenvalue weighted by molar-refractivity contribution is 5.83. The summed E-state index contributed by atoms with van der Waals surface area (Å²) < 4.78 is 2.25. The molecule has 0 radical (unpaired) electrons. The first-order chi connectivity index (χ1) is 22.3. The van der Waals surface area contributed by atoms with E-state index in [4.69, 9.17) is 4.98 Å². The lowest BCUT2D eigenvalue weighted by atomic mass is 9.99. The third-order valence-electron chi connectivity index (χ3n) is 8.51. The molecule has 1 aliphatic heterocycles. The molecule has 3 unspecified atom stereocenters. The van der Waals surface area contributed by atoms with Crippen molar-refractivity contribution in [3.8, 4) is 28.2 Å². The van der Waals surface area contributed by atoms with Crippen LogP contribution in [0.2, 0.25) is 0 Å². The molecular formula is C40H33N5. The molecule has 0 saturated carbocycles. The molecule has 1 saturated heterocycles. The number of hydrogen-bond donors (Lipinski definition) is 3. The van der Waals surface area contributed by atoms with Crippen molar-refractivity contribution in [1.29, 1.82) is 0 Å². The van der Waals surface area contributed by atoms with Gasteiger partial charge in [-0.05, 0) is 64.2 Å². The van der Waals surface area contributed by atoms with Crippen LogP contribution in [-0.4, -0.2) is 9.55 Å². The van der Waals surface area contributed by atoms with Crippen molar-refractivity contribution in [2.45, 2.75) is 18.5 Å². The quantitative estimate of drug-likeness (QED) is 0.184. The first-order valence-corrected chi connectivity index (χ1v) is 15.4. The monoisotopic (exact) mass is 583 g/mol. The number of rotatable bonds is 6. The van der Waals surface area contributed by atoms with Crippen LogP contribution in [0.15, 0.2) is 164 Å². The Morgan fingerprint density at radius 2 is 0.911 bits per heavy atom. The molecule has 0 spiro atoms. The zero-order chi connectivity index (χ0) is 30.0. The summed E-state index contributed by atoms with van der Waals surface area (Å²) in [5.41, 5.74) is 10.1. The van der Waals surface area contributed by atoms with Gasteiger partial charge in [-0.25, -0.2) is 4.98 Å². The third kappa shape index (κ3) is 5.45.